The molecule has 6 saturated carbocycles. The van der Waals surface area contributed by atoms with E-state index in [4.69, 9.17) is 0 Å². The first kappa shape index (κ1) is 40.8. The minimum atomic E-state index is 0.771. The Hall–Kier alpha value is -0.820. The summed E-state index contributed by atoms with van der Waals surface area (Å²) in [5.74, 6) is 14.2. The van der Waals surface area contributed by atoms with Gasteiger partial charge in [0.05, 0.1) is 0 Å². The van der Waals surface area contributed by atoms with E-state index in [1.54, 1.807) is 19.3 Å². The van der Waals surface area contributed by atoms with Crippen LogP contribution in [0, 0.1) is 88.8 Å². The zero-order valence-electron chi connectivity index (χ0n) is 35.5. The molecule has 0 aromatic heterocycles. The van der Waals surface area contributed by atoms with Crippen LogP contribution in [-0.2, 0) is 0 Å². The van der Waals surface area contributed by atoms with Crippen molar-refractivity contribution in [2.24, 2.45) is 88.8 Å². The van der Waals surface area contributed by atoms with Gasteiger partial charge in [-0.2, -0.15) is 0 Å². The highest BCUT2D eigenvalue weighted by Crippen LogP contribution is 2.57. The number of nitrogens with one attached hydrogen (secondary N) is 1. The summed E-state index contributed by atoms with van der Waals surface area (Å²) in [5.41, 5.74) is 0. The molecule has 1 N–H and O–H groups in total. The van der Waals surface area contributed by atoms with Gasteiger partial charge in [0, 0.05) is 6.04 Å². The van der Waals surface area contributed by atoms with E-state index in [0.29, 0.717) is 0 Å². The largest absolute Gasteiger partial charge is 0.314 e. The molecule has 0 aromatic carbocycles. The second-order valence-corrected chi connectivity index (χ2v) is 20.3. The molecule has 0 heterocycles. The Balaban J connectivity index is 1.24. The zero-order chi connectivity index (χ0) is 36.5. The number of allylic oxidation sites excluding steroid dienone is 6. The van der Waals surface area contributed by atoms with Gasteiger partial charge in [0.15, 0.2) is 0 Å². The predicted octanol–water partition coefficient (Wildman–Crippen LogP) is 14.6. The molecule has 0 bridgehead atoms. The van der Waals surface area contributed by atoms with Crippen LogP contribution in [-0.4, -0.2) is 12.6 Å². The number of hydrogen-bond acceptors (Lipinski definition) is 1. The summed E-state index contributed by atoms with van der Waals surface area (Å²) in [4.78, 5) is 0. The highest BCUT2D eigenvalue weighted by molar-refractivity contribution is 5.03. The Morgan fingerprint density at radius 1 is 0.442 bits per heavy atom. The molecule has 12 unspecified atom stereocenters. The topological polar surface area (TPSA) is 12.0 Å². The summed E-state index contributed by atoms with van der Waals surface area (Å²) >= 11 is 0. The number of hydrogen-bond donors (Lipinski definition) is 1. The van der Waals surface area contributed by atoms with E-state index in [0.717, 1.165) is 94.8 Å². The molecule has 0 aliphatic heterocycles. The van der Waals surface area contributed by atoms with E-state index in [9.17, 15) is 0 Å². The van der Waals surface area contributed by atoms with Crippen molar-refractivity contribution in [3.63, 3.8) is 0 Å². The molecule has 52 heavy (non-hydrogen) atoms. The molecule has 6 aliphatic carbocycles. The standard InChI is InChI=1S/C51H87N/c1-7-12-37-17-23-41(24-18-37)43-27-30-51(52-31-10-4)50(34-43)47-35-44(26-25-40(47)11-5)46-29-20-39(14-9-3)33-49(46)48-32-38(13-8-2)19-28-45(48)42-21-15-36(6)16-22-42/h7-9,12-14,36-52H,10-11,15-35H2,1-6H3/b12-7+,13-8+,14-9+. The second kappa shape index (κ2) is 20.4. The van der Waals surface area contributed by atoms with E-state index >= 15 is 0 Å². The Kier molecular flexibility index (Phi) is 16.0. The lowest BCUT2D eigenvalue weighted by Crippen LogP contribution is -2.49. The lowest BCUT2D eigenvalue weighted by Gasteiger charge is -2.54. The molecule has 1 heteroatoms. The van der Waals surface area contributed by atoms with Gasteiger partial charge in [-0.15, -0.1) is 0 Å². The normalized spacial score (nSPS) is 45.6. The van der Waals surface area contributed by atoms with Crippen molar-refractivity contribution in [3.05, 3.63) is 36.5 Å². The van der Waals surface area contributed by atoms with Gasteiger partial charge in [-0.3, -0.25) is 0 Å². The van der Waals surface area contributed by atoms with Crippen LogP contribution in [0.4, 0.5) is 0 Å². The van der Waals surface area contributed by atoms with E-state index in [2.05, 4.69) is 83.3 Å². The Morgan fingerprint density at radius 3 is 1.56 bits per heavy atom. The maximum Gasteiger partial charge on any atom is 0.00982 e. The van der Waals surface area contributed by atoms with Crippen LogP contribution < -0.4 is 5.32 Å². The molecule has 1 nitrogen and oxygen atoms in total. The molecule has 12 atom stereocenters. The van der Waals surface area contributed by atoms with Crippen molar-refractivity contribution >= 4 is 0 Å². The highest BCUT2D eigenvalue weighted by atomic mass is 14.9. The van der Waals surface area contributed by atoms with Gasteiger partial charge in [0.25, 0.3) is 0 Å². The molecular weight excluding hydrogens is 627 g/mol. The van der Waals surface area contributed by atoms with Crippen molar-refractivity contribution < 1.29 is 0 Å². The smallest absolute Gasteiger partial charge is 0.00982 e. The van der Waals surface area contributed by atoms with Gasteiger partial charge >= 0.3 is 0 Å². The van der Waals surface area contributed by atoms with Gasteiger partial charge in [-0.25, -0.2) is 0 Å². The van der Waals surface area contributed by atoms with Crippen LogP contribution in [0.25, 0.3) is 0 Å². The summed E-state index contributed by atoms with van der Waals surface area (Å²) < 4.78 is 0. The van der Waals surface area contributed by atoms with Crippen LogP contribution in [0.3, 0.4) is 0 Å². The van der Waals surface area contributed by atoms with Crippen molar-refractivity contribution in [2.75, 3.05) is 6.54 Å². The maximum absolute atomic E-state index is 4.22. The van der Waals surface area contributed by atoms with Crippen LogP contribution in [0.5, 0.6) is 0 Å². The van der Waals surface area contributed by atoms with Gasteiger partial charge in [-0.1, -0.05) is 76.5 Å². The zero-order valence-corrected chi connectivity index (χ0v) is 35.5. The fourth-order valence-corrected chi connectivity index (χ4v) is 14.8. The molecule has 6 aliphatic rings. The predicted molar refractivity (Wildman–Crippen MR) is 227 cm³/mol. The quantitative estimate of drug-likeness (QED) is 0.199. The lowest BCUT2D eigenvalue weighted by molar-refractivity contribution is -0.0313. The third-order valence-corrected chi connectivity index (χ3v) is 17.4. The van der Waals surface area contributed by atoms with Gasteiger partial charge in [-0.05, 0) is 238 Å². The van der Waals surface area contributed by atoms with Gasteiger partial charge < -0.3 is 5.32 Å². The molecular formula is C51H87N. The van der Waals surface area contributed by atoms with E-state index in [-0.39, 0.29) is 0 Å². The average Bonchev–Trinajstić information content (AvgIpc) is 3.18. The van der Waals surface area contributed by atoms with E-state index in [1.165, 1.54) is 129 Å². The fourth-order valence-electron chi connectivity index (χ4n) is 14.8. The van der Waals surface area contributed by atoms with Crippen LogP contribution in [0.1, 0.15) is 183 Å². The van der Waals surface area contributed by atoms with Crippen LogP contribution in [0.2, 0.25) is 0 Å². The third kappa shape index (κ3) is 10.1. The summed E-state index contributed by atoms with van der Waals surface area (Å²) in [5, 5.41) is 4.22. The van der Waals surface area contributed by atoms with Crippen molar-refractivity contribution in [2.45, 2.75) is 189 Å². The van der Waals surface area contributed by atoms with E-state index in [1.807, 2.05) is 0 Å². The number of rotatable bonds is 12. The Labute approximate surface area is 324 Å². The minimum absolute atomic E-state index is 0.771. The lowest BCUT2D eigenvalue weighted by atomic mass is 9.52. The summed E-state index contributed by atoms with van der Waals surface area (Å²) in [7, 11) is 0. The molecule has 0 amide bonds. The molecule has 6 rings (SSSR count). The van der Waals surface area contributed by atoms with Crippen molar-refractivity contribution in [1.29, 1.82) is 0 Å². The van der Waals surface area contributed by atoms with Gasteiger partial charge in [0.1, 0.15) is 0 Å². The molecule has 0 aromatic rings. The monoisotopic (exact) mass is 714 g/mol. The molecule has 0 radical (unpaired) electrons. The highest BCUT2D eigenvalue weighted by Gasteiger charge is 2.49. The molecule has 296 valence electrons. The average molecular weight is 714 g/mol. The molecule has 0 saturated heterocycles. The summed E-state index contributed by atoms with van der Waals surface area (Å²) in [6, 6.07) is 0.771. The van der Waals surface area contributed by atoms with E-state index < -0.39 is 0 Å². The molecule has 0 spiro atoms. The summed E-state index contributed by atoms with van der Waals surface area (Å²) in [6.07, 6.45) is 47.7. The first-order valence-electron chi connectivity index (χ1n) is 24.1. The Morgan fingerprint density at radius 2 is 0.962 bits per heavy atom. The van der Waals surface area contributed by atoms with Crippen molar-refractivity contribution in [3.8, 4) is 0 Å². The van der Waals surface area contributed by atoms with Crippen LogP contribution >= 0.6 is 0 Å². The Bertz CT molecular complexity index is 1100. The fraction of sp³-hybridized carbons (Fsp3) is 0.882. The first-order valence-corrected chi connectivity index (χ1v) is 24.1. The van der Waals surface area contributed by atoms with Gasteiger partial charge in [0.2, 0.25) is 0 Å². The molecule has 6 fully saturated rings. The second-order valence-electron chi connectivity index (χ2n) is 20.3. The SMILES string of the molecule is C/C=C/C1CCC(C2CCC(NCCC)C(C3CC(C4CCC(/C=C/C)CC4C4CC(/C=C/C)CCC4C4CCC(C)CC4)CCC3CC)C2)CC1. The summed E-state index contributed by atoms with van der Waals surface area (Å²) in [6.45, 7) is 15.5. The van der Waals surface area contributed by atoms with Crippen LogP contribution in [0.15, 0.2) is 36.5 Å². The van der Waals surface area contributed by atoms with Crippen molar-refractivity contribution in [1.82, 2.24) is 5.32 Å². The third-order valence-electron chi connectivity index (χ3n) is 17.4. The maximum atomic E-state index is 4.22. The minimum Gasteiger partial charge on any atom is -0.314 e. The first-order chi connectivity index (χ1) is 25.5.